The second-order valence-corrected chi connectivity index (χ2v) is 5.44. The number of carbonyl (C=O) groups is 1. The molecule has 0 aliphatic carbocycles. The number of hydrogen-bond acceptors (Lipinski definition) is 4. The molecule has 0 radical (unpaired) electrons. The zero-order valence-electron chi connectivity index (χ0n) is 11.4. The molecule has 0 aromatic heterocycles. The lowest BCUT2D eigenvalue weighted by Crippen LogP contribution is -2.41. The lowest BCUT2D eigenvalue weighted by atomic mass is 9.85. The minimum absolute atomic E-state index is 0.0347. The minimum atomic E-state index is -0.0347. The fraction of sp³-hybridized carbons (Fsp3) is 0.929. The summed E-state index contributed by atoms with van der Waals surface area (Å²) in [5.41, 5.74) is 0. The van der Waals surface area contributed by atoms with Gasteiger partial charge in [0, 0.05) is 19.8 Å². The van der Waals surface area contributed by atoms with Crippen LogP contribution in [0.4, 0.5) is 0 Å². The number of methoxy groups -OCH3 is 1. The van der Waals surface area contributed by atoms with E-state index in [-0.39, 0.29) is 11.9 Å². The molecule has 0 bridgehead atoms. The summed E-state index contributed by atoms with van der Waals surface area (Å²) in [6, 6.07) is 0. The average Bonchev–Trinajstić information content (AvgIpc) is 2.46. The SMILES string of the molecule is COC(=O)C(CN1CCCCC1)C1CCOCC1. The van der Waals surface area contributed by atoms with E-state index in [0.29, 0.717) is 5.92 Å². The van der Waals surface area contributed by atoms with Gasteiger partial charge >= 0.3 is 5.97 Å². The maximum absolute atomic E-state index is 12.0. The molecule has 2 fully saturated rings. The first kappa shape index (κ1) is 13.8. The summed E-state index contributed by atoms with van der Waals surface area (Å²) in [6.07, 6.45) is 5.85. The molecule has 104 valence electrons. The number of carbonyl (C=O) groups excluding carboxylic acids is 1. The zero-order valence-corrected chi connectivity index (χ0v) is 11.4. The molecule has 0 spiro atoms. The molecule has 1 atom stereocenters. The molecule has 2 aliphatic rings. The molecule has 4 nitrogen and oxygen atoms in total. The normalized spacial score (nSPS) is 24.7. The van der Waals surface area contributed by atoms with Crippen molar-refractivity contribution < 1.29 is 14.3 Å². The third-order valence-corrected chi connectivity index (χ3v) is 4.24. The highest BCUT2D eigenvalue weighted by Gasteiger charge is 2.32. The van der Waals surface area contributed by atoms with Gasteiger partial charge in [-0.05, 0) is 44.7 Å². The molecule has 0 aromatic carbocycles. The summed E-state index contributed by atoms with van der Waals surface area (Å²) in [7, 11) is 1.50. The quantitative estimate of drug-likeness (QED) is 0.717. The van der Waals surface area contributed by atoms with Gasteiger partial charge in [-0.3, -0.25) is 4.79 Å². The fourth-order valence-electron chi connectivity index (χ4n) is 3.11. The van der Waals surface area contributed by atoms with Gasteiger partial charge in [0.05, 0.1) is 13.0 Å². The van der Waals surface area contributed by atoms with Crippen LogP contribution in [0.5, 0.6) is 0 Å². The first-order valence-electron chi connectivity index (χ1n) is 7.19. The van der Waals surface area contributed by atoms with E-state index in [1.165, 1.54) is 26.4 Å². The largest absolute Gasteiger partial charge is 0.469 e. The van der Waals surface area contributed by atoms with E-state index >= 15 is 0 Å². The van der Waals surface area contributed by atoms with Crippen LogP contribution in [-0.2, 0) is 14.3 Å². The molecular weight excluding hydrogens is 230 g/mol. The Balaban J connectivity index is 1.92. The van der Waals surface area contributed by atoms with Crippen LogP contribution in [0.3, 0.4) is 0 Å². The number of likely N-dealkylation sites (tertiary alicyclic amines) is 1. The number of nitrogens with zero attached hydrogens (tertiary/aromatic N) is 1. The van der Waals surface area contributed by atoms with Gasteiger partial charge in [-0.2, -0.15) is 0 Å². The third-order valence-electron chi connectivity index (χ3n) is 4.24. The predicted octanol–water partition coefficient (Wildman–Crippen LogP) is 1.69. The standard InChI is InChI=1S/C14H25NO3/c1-17-14(16)13(12-5-9-18-10-6-12)11-15-7-3-2-4-8-15/h12-13H,2-11H2,1H3. The van der Waals surface area contributed by atoms with E-state index in [2.05, 4.69) is 4.90 Å². The molecule has 0 N–H and O–H groups in total. The summed E-state index contributed by atoms with van der Waals surface area (Å²) < 4.78 is 10.4. The molecule has 0 amide bonds. The van der Waals surface area contributed by atoms with Crippen molar-refractivity contribution in [3.05, 3.63) is 0 Å². The summed E-state index contributed by atoms with van der Waals surface area (Å²) in [5.74, 6) is 0.442. The summed E-state index contributed by atoms with van der Waals surface area (Å²) in [6.45, 7) is 4.72. The number of ether oxygens (including phenoxy) is 2. The average molecular weight is 255 g/mol. The van der Waals surface area contributed by atoms with E-state index in [4.69, 9.17) is 9.47 Å². The number of rotatable bonds is 4. The van der Waals surface area contributed by atoms with Gasteiger partial charge in [-0.1, -0.05) is 6.42 Å². The first-order chi connectivity index (χ1) is 8.81. The zero-order chi connectivity index (χ0) is 12.8. The highest BCUT2D eigenvalue weighted by atomic mass is 16.5. The maximum atomic E-state index is 12.0. The second kappa shape index (κ2) is 7.10. The van der Waals surface area contributed by atoms with Crippen molar-refractivity contribution in [2.75, 3.05) is 40.0 Å². The molecule has 2 saturated heterocycles. The topological polar surface area (TPSA) is 38.8 Å². The highest BCUT2D eigenvalue weighted by Crippen LogP contribution is 2.26. The van der Waals surface area contributed by atoms with Crippen LogP contribution < -0.4 is 0 Å². The van der Waals surface area contributed by atoms with E-state index in [1.807, 2.05) is 0 Å². The van der Waals surface area contributed by atoms with Crippen molar-refractivity contribution in [3.8, 4) is 0 Å². The Hall–Kier alpha value is -0.610. The predicted molar refractivity (Wildman–Crippen MR) is 69.3 cm³/mol. The Morgan fingerprint density at radius 3 is 2.56 bits per heavy atom. The lowest BCUT2D eigenvalue weighted by Gasteiger charge is -2.34. The molecule has 1 unspecified atom stereocenters. The Kier molecular flexibility index (Phi) is 5.45. The van der Waals surface area contributed by atoms with Crippen LogP contribution in [0, 0.1) is 11.8 Å². The Bertz CT molecular complexity index is 258. The van der Waals surface area contributed by atoms with Crippen LogP contribution in [0.15, 0.2) is 0 Å². The van der Waals surface area contributed by atoms with Gasteiger partial charge < -0.3 is 14.4 Å². The van der Waals surface area contributed by atoms with Gasteiger partial charge in [-0.25, -0.2) is 0 Å². The number of hydrogen-bond donors (Lipinski definition) is 0. The minimum Gasteiger partial charge on any atom is -0.469 e. The third kappa shape index (κ3) is 3.69. The van der Waals surface area contributed by atoms with Gasteiger partial charge in [-0.15, -0.1) is 0 Å². The van der Waals surface area contributed by atoms with E-state index in [9.17, 15) is 4.79 Å². The maximum Gasteiger partial charge on any atom is 0.310 e. The molecule has 4 heteroatoms. The van der Waals surface area contributed by atoms with Gasteiger partial charge in [0.1, 0.15) is 0 Å². The fourth-order valence-corrected chi connectivity index (χ4v) is 3.11. The number of esters is 1. The monoisotopic (exact) mass is 255 g/mol. The molecule has 2 heterocycles. The Morgan fingerprint density at radius 1 is 1.28 bits per heavy atom. The van der Waals surface area contributed by atoms with Crippen molar-refractivity contribution in [3.63, 3.8) is 0 Å². The smallest absolute Gasteiger partial charge is 0.310 e. The molecule has 0 saturated carbocycles. The van der Waals surface area contributed by atoms with E-state index < -0.39 is 0 Å². The molecule has 2 rings (SSSR count). The van der Waals surface area contributed by atoms with Crippen LogP contribution in [0.25, 0.3) is 0 Å². The molecule has 18 heavy (non-hydrogen) atoms. The summed E-state index contributed by atoms with van der Waals surface area (Å²) >= 11 is 0. The molecule has 2 aliphatic heterocycles. The Morgan fingerprint density at radius 2 is 1.94 bits per heavy atom. The molecule has 0 aromatic rings. The molecular formula is C14H25NO3. The Labute approximate surface area is 110 Å². The van der Waals surface area contributed by atoms with Crippen molar-refractivity contribution >= 4 is 5.97 Å². The summed E-state index contributed by atoms with van der Waals surface area (Å²) in [5, 5.41) is 0. The highest BCUT2D eigenvalue weighted by molar-refractivity contribution is 5.72. The van der Waals surface area contributed by atoms with E-state index in [0.717, 1.165) is 45.7 Å². The number of piperidine rings is 1. The van der Waals surface area contributed by atoms with Crippen LogP contribution in [0.2, 0.25) is 0 Å². The first-order valence-corrected chi connectivity index (χ1v) is 7.19. The van der Waals surface area contributed by atoms with Crippen molar-refractivity contribution in [1.82, 2.24) is 4.90 Å². The van der Waals surface area contributed by atoms with Gasteiger partial charge in [0.2, 0.25) is 0 Å². The van der Waals surface area contributed by atoms with Gasteiger partial charge in [0.25, 0.3) is 0 Å². The summed E-state index contributed by atoms with van der Waals surface area (Å²) in [4.78, 5) is 14.4. The lowest BCUT2D eigenvalue weighted by molar-refractivity contribution is -0.149. The van der Waals surface area contributed by atoms with Crippen molar-refractivity contribution in [1.29, 1.82) is 0 Å². The second-order valence-electron chi connectivity index (χ2n) is 5.44. The van der Waals surface area contributed by atoms with Crippen LogP contribution in [-0.4, -0.2) is 50.8 Å². The van der Waals surface area contributed by atoms with Crippen molar-refractivity contribution in [2.24, 2.45) is 11.8 Å². The van der Waals surface area contributed by atoms with Gasteiger partial charge in [0.15, 0.2) is 0 Å². The van der Waals surface area contributed by atoms with Crippen molar-refractivity contribution in [2.45, 2.75) is 32.1 Å². The van der Waals surface area contributed by atoms with Crippen LogP contribution >= 0.6 is 0 Å². The van der Waals surface area contributed by atoms with E-state index in [1.54, 1.807) is 0 Å². The van der Waals surface area contributed by atoms with Crippen LogP contribution in [0.1, 0.15) is 32.1 Å².